The molecule has 0 saturated carbocycles. The van der Waals surface area contributed by atoms with Crippen LogP contribution in [0.1, 0.15) is 22.0 Å². The number of hydroxylamine groups is 2. The van der Waals surface area contributed by atoms with Crippen molar-refractivity contribution in [2.45, 2.75) is 18.8 Å². The highest BCUT2D eigenvalue weighted by Crippen LogP contribution is 2.37. The van der Waals surface area contributed by atoms with Gasteiger partial charge in [-0.3, -0.25) is 0 Å². The molecule has 1 atom stereocenters. The van der Waals surface area contributed by atoms with E-state index in [9.17, 15) is 13.2 Å². The molecule has 1 aliphatic heterocycles. The smallest absolute Gasteiger partial charge is 0.387 e. The number of hydrogen-bond acceptors (Lipinski definition) is 4. The van der Waals surface area contributed by atoms with Gasteiger partial charge in [0.05, 0.1) is 16.4 Å². The van der Waals surface area contributed by atoms with Crippen molar-refractivity contribution in [1.29, 1.82) is 0 Å². The molecular formula is C15H12ClF3N2OS. The Morgan fingerprint density at radius 3 is 2.70 bits per heavy atom. The Kier molecular flexibility index (Phi) is 4.27. The summed E-state index contributed by atoms with van der Waals surface area (Å²) in [5.74, 6) is 0.214. The minimum absolute atomic E-state index is 0.168. The van der Waals surface area contributed by atoms with E-state index in [0.717, 1.165) is 17.0 Å². The maximum Gasteiger partial charge on any atom is 0.416 e. The molecule has 8 heteroatoms. The zero-order valence-electron chi connectivity index (χ0n) is 11.7. The summed E-state index contributed by atoms with van der Waals surface area (Å²) in [6.07, 6.45) is -2.67. The van der Waals surface area contributed by atoms with Crippen LogP contribution in [0.3, 0.4) is 0 Å². The Labute approximate surface area is 139 Å². The van der Waals surface area contributed by atoms with Crippen LogP contribution in [-0.2, 0) is 17.6 Å². The van der Waals surface area contributed by atoms with Crippen molar-refractivity contribution < 1.29 is 18.0 Å². The number of halogens is 4. The number of alkyl halides is 3. The predicted octanol–water partition coefficient (Wildman–Crippen LogP) is 4.71. The van der Waals surface area contributed by atoms with Gasteiger partial charge in [0, 0.05) is 11.0 Å². The maximum absolute atomic E-state index is 12.8. The normalized spacial score (nSPS) is 18.8. The van der Waals surface area contributed by atoms with Crippen molar-refractivity contribution in [2.75, 3.05) is 0 Å². The summed E-state index contributed by atoms with van der Waals surface area (Å²) in [4.78, 5) is 6.33. The Bertz CT molecular complexity index is 744. The average Bonchev–Trinajstić information content (AvgIpc) is 3.04. The molecule has 1 aromatic heterocycles. The minimum atomic E-state index is -4.38. The van der Waals surface area contributed by atoms with Crippen LogP contribution in [0.5, 0.6) is 0 Å². The fourth-order valence-electron chi connectivity index (χ4n) is 2.33. The molecule has 0 bridgehead atoms. The molecule has 0 saturated heterocycles. The number of nitrogens with two attached hydrogens (primary N) is 1. The van der Waals surface area contributed by atoms with Crippen molar-refractivity contribution in [3.05, 3.63) is 68.7 Å². The fraction of sp³-hybridized carbons (Fsp3) is 0.200. The lowest BCUT2D eigenvalue weighted by Crippen LogP contribution is -2.23. The first-order valence-electron chi connectivity index (χ1n) is 6.66. The number of nitrogens with zero attached hydrogens (tertiary/aromatic N) is 1. The quantitative estimate of drug-likeness (QED) is 0.861. The molecule has 3 rings (SSSR count). The molecule has 2 N–H and O–H groups in total. The van der Waals surface area contributed by atoms with Crippen LogP contribution >= 0.6 is 22.9 Å². The van der Waals surface area contributed by atoms with E-state index < -0.39 is 11.7 Å². The van der Waals surface area contributed by atoms with E-state index >= 15 is 0 Å². The van der Waals surface area contributed by atoms with Crippen molar-refractivity contribution in [2.24, 2.45) is 5.73 Å². The van der Waals surface area contributed by atoms with Crippen molar-refractivity contribution in [3.63, 3.8) is 0 Å². The molecular weight excluding hydrogens is 349 g/mol. The molecule has 0 amide bonds. The lowest BCUT2D eigenvalue weighted by Gasteiger charge is -2.22. The third-order valence-electron chi connectivity index (χ3n) is 3.33. The van der Waals surface area contributed by atoms with Gasteiger partial charge in [-0.1, -0.05) is 29.8 Å². The van der Waals surface area contributed by atoms with Crippen LogP contribution in [0.4, 0.5) is 13.2 Å². The second kappa shape index (κ2) is 6.07. The first-order valence-corrected chi connectivity index (χ1v) is 7.85. The highest BCUT2D eigenvalue weighted by molar-refractivity contribution is 7.16. The zero-order valence-corrected chi connectivity index (χ0v) is 13.3. The standard InChI is InChI=1S/C15H12ClF3N2OS/c16-13-5-4-12(23-13)11-7-14(20)22-21(11)8-9-2-1-3-10(6-9)15(17,18)19/h1-7,11H,8,20H2. The number of benzene rings is 1. The summed E-state index contributed by atoms with van der Waals surface area (Å²) in [5, 5.41) is 1.53. The first-order chi connectivity index (χ1) is 10.8. The number of hydrogen-bond donors (Lipinski definition) is 1. The molecule has 1 aliphatic rings. The summed E-state index contributed by atoms with van der Waals surface area (Å²) in [6.45, 7) is 0.168. The molecule has 1 aromatic carbocycles. The third-order valence-corrected chi connectivity index (χ3v) is 4.64. The Morgan fingerprint density at radius 2 is 2.04 bits per heavy atom. The van der Waals surface area contributed by atoms with Gasteiger partial charge in [0.2, 0.25) is 5.88 Å². The lowest BCUT2D eigenvalue weighted by atomic mass is 10.1. The van der Waals surface area contributed by atoms with Crippen LogP contribution in [-0.4, -0.2) is 5.06 Å². The largest absolute Gasteiger partial charge is 0.416 e. The topological polar surface area (TPSA) is 38.5 Å². The lowest BCUT2D eigenvalue weighted by molar-refractivity contribution is -0.138. The summed E-state index contributed by atoms with van der Waals surface area (Å²) in [6, 6.07) is 8.46. The monoisotopic (exact) mass is 360 g/mol. The van der Waals surface area contributed by atoms with Crippen LogP contribution in [0.2, 0.25) is 4.34 Å². The SMILES string of the molecule is NC1=CC(c2ccc(Cl)s2)N(Cc2cccc(C(F)(F)F)c2)O1. The van der Waals surface area contributed by atoms with Gasteiger partial charge in [-0.05, 0) is 23.8 Å². The van der Waals surface area contributed by atoms with Crippen molar-refractivity contribution in [3.8, 4) is 0 Å². The molecule has 0 radical (unpaired) electrons. The molecule has 2 heterocycles. The van der Waals surface area contributed by atoms with Crippen LogP contribution < -0.4 is 5.73 Å². The summed E-state index contributed by atoms with van der Waals surface area (Å²) < 4.78 is 39.0. The molecule has 0 spiro atoms. The zero-order chi connectivity index (χ0) is 16.6. The van der Waals surface area contributed by atoms with Gasteiger partial charge in [0.1, 0.15) is 6.04 Å². The molecule has 0 aliphatic carbocycles. The second-order valence-corrected chi connectivity index (χ2v) is 6.77. The second-order valence-electron chi connectivity index (χ2n) is 5.02. The number of thiophene rings is 1. The van der Waals surface area contributed by atoms with Gasteiger partial charge in [0.25, 0.3) is 0 Å². The average molecular weight is 361 g/mol. The minimum Gasteiger partial charge on any atom is -0.387 e. The Hall–Kier alpha value is -1.70. The maximum atomic E-state index is 12.8. The van der Waals surface area contributed by atoms with Gasteiger partial charge in [0.15, 0.2) is 0 Å². The third kappa shape index (κ3) is 3.63. The highest BCUT2D eigenvalue weighted by Gasteiger charge is 2.32. The highest BCUT2D eigenvalue weighted by atomic mass is 35.5. The predicted molar refractivity (Wildman–Crippen MR) is 82.4 cm³/mol. The van der Waals surface area contributed by atoms with Gasteiger partial charge >= 0.3 is 6.18 Å². The fourth-order valence-corrected chi connectivity index (χ4v) is 3.46. The van der Waals surface area contributed by atoms with Gasteiger partial charge < -0.3 is 10.6 Å². The summed E-state index contributed by atoms with van der Waals surface area (Å²) in [7, 11) is 0. The Balaban J connectivity index is 1.82. The van der Waals surface area contributed by atoms with E-state index in [1.165, 1.54) is 22.5 Å². The van der Waals surface area contributed by atoms with Crippen molar-refractivity contribution >= 4 is 22.9 Å². The van der Waals surface area contributed by atoms with Crippen LogP contribution in [0, 0.1) is 0 Å². The first kappa shape index (κ1) is 16.2. The molecule has 2 aromatic rings. The summed E-state index contributed by atoms with van der Waals surface area (Å²) in [5.41, 5.74) is 5.49. The van der Waals surface area contributed by atoms with E-state index in [1.54, 1.807) is 18.2 Å². The van der Waals surface area contributed by atoms with E-state index in [-0.39, 0.29) is 18.5 Å². The summed E-state index contributed by atoms with van der Waals surface area (Å²) >= 11 is 7.31. The van der Waals surface area contributed by atoms with E-state index in [0.29, 0.717) is 9.90 Å². The van der Waals surface area contributed by atoms with Crippen LogP contribution in [0.25, 0.3) is 0 Å². The molecule has 1 unspecified atom stereocenters. The molecule has 0 fully saturated rings. The Morgan fingerprint density at radius 1 is 1.26 bits per heavy atom. The van der Waals surface area contributed by atoms with E-state index in [1.807, 2.05) is 6.07 Å². The molecule has 23 heavy (non-hydrogen) atoms. The number of rotatable bonds is 3. The van der Waals surface area contributed by atoms with Gasteiger partial charge in [-0.25, -0.2) is 0 Å². The molecule has 3 nitrogen and oxygen atoms in total. The van der Waals surface area contributed by atoms with Crippen molar-refractivity contribution in [1.82, 2.24) is 5.06 Å². The van der Waals surface area contributed by atoms with Gasteiger partial charge in [-0.2, -0.15) is 13.2 Å². The molecule has 122 valence electrons. The van der Waals surface area contributed by atoms with E-state index in [4.69, 9.17) is 22.2 Å². The van der Waals surface area contributed by atoms with Gasteiger partial charge in [-0.15, -0.1) is 16.4 Å². The van der Waals surface area contributed by atoms with Crippen LogP contribution in [0.15, 0.2) is 48.4 Å². The van der Waals surface area contributed by atoms with E-state index in [2.05, 4.69) is 0 Å².